The number of hydrogen-bond donors (Lipinski definition) is 0. The molecule has 0 N–H and O–H groups in total. The molecule has 0 fully saturated rings. The highest BCUT2D eigenvalue weighted by Crippen LogP contribution is 2.24. The third-order valence-corrected chi connectivity index (χ3v) is 3.63. The number of rotatable bonds is 5. The summed E-state index contributed by atoms with van der Waals surface area (Å²) in [4.78, 5) is 4.24. The molecule has 7 heteroatoms. The lowest BCUT2D eigenvalue weighted by Gasteiger charge is -2.10. The molecule has 0 bridgehead atoms. The van der Waals surface area contributed by atoms with Crippen LogP contribution in [0.2, 0.25) is 0 Å². The van der Waals surface area contributed by atoms with Gasteiger partial charge in [-0.3, -0.25) is 4.98 Å². The van der Waals surface area contributed by atoms with E-state index in [1.54, 1.807) is 12.1 Å². The van der Waals surface area contributed by atoms with Gasteiger partial charge in [-0.25, -0.2) is 0 Å². The van der Waals surface area contributed by atoms with E-state index in [2.05, 4.69) is 15.2 Å². The Kier molecular flexibility index (Phi) is 4.50. The van der Waals surface area contributed by atoms with Crippen LogP contribution in [0.25, 0.3) is 11.5 Å². The molecular weight excluding hydrogens is 316 g/mol. The summed E-state index contributed by atoms with van der Waals surface area (Å²) in [5.74, 6) is 0.117. The van der Waals surface area contributed by atoms with Crippen molar-refractivity contribution in [2.24, 2.45) is 0 Å². The second kappa shape index (κ2) is 6.74. The molecule has 3 aromatic rings. The molecule has 1 aromatic carbocycles. The van der Waals surface area contributed by atoms with Crippen molar-refractivity contribution in [3.05, 3.63) is 59.2 Å². The summed E-state index contributed by atoms with van der Waals surface area (Å²) in [5, 5.41) is 6.87. The fourth-order valence-corrected chi connectivity index (χ4v) is 2.11. The Morgan fingerprint density at radius 1 is 1.12 bits per heavy atom. The van der Waals surface area contributed by atoms with Crippen LogP contribution in [0.4, 0.5) is 8.78 Å². The molecule has 24 heavy (non-hydrogen) atoms. The highest BCUT2D eigenvalue weighted by atomic mass is 19.3. The van der Waals surface area contributed by atoms with Crippen molar-refractivity contribution >= 4 is 0 Å². The van der Waals surface area contributed by atoms with Gasteiger partial charge >= 0.3 is 6.43 Å². The van der Waals surface area contributed by atoms with Crippen LogP contribution in [-0.2, 0) is 6.61 Å². The predicted molar refractivity (Wildman–Crippen MR) is 82.7 cm³/mol. The van der Waals surface area contributed by atoms with Gasteiger partial charge in [0, 0.05) is 6.20 Å². The number of ether oxygens (including phenoxy) is 1. The lowest BCUT2D eigenvalue weighted by Crippen LogP contribution is -2.00. The molecule has 0 atom stereocenters. The average Bonchev–Trinajstić information content (AvgIpc) is 3.07. The molecule has 3 rings (SSSR count). The first-order valence-corrected chi connectivity index (χ1v) is 7.30. The highest BCUT2D eigenvalue weighted by molar-refractivity contribution is 5.50. The minimum atomic E-state index is -2.79. The first-order chi connectivity index (χ1) is 11.5. The van der Waals surface area contributed by atoms with Crippen LogP contribution in [0.1, 0.15) is 29.1 Å². The Bertz CT molecular complexity index is 832. The molecule has 0 unspecified atom stereocenters. The van der Waals surface area contributed by atoms with Gasteiger partial charge in [-0.2, -0.15) is 8.78 Å². The smallest absolute Gasteiger partial charge is 0.314 e. The quantitative estimate of drug-likeness (QED) is 0.699. The van der Waals surface area contributed by atoms with Crippen LogP contribution in [0.15, 0.2) is 40.9 Å². The number of pyridine rings is 1. The second-order valence-electron chi connectivity index (χ2n) is 5.27. The van der Waals surface area contributed by atoms with Crippen LogP contribution in [0.5, 0.6) is 5.75 Å². The van der Waals surface area contributed by atoms with Gasteiger partial charge in [0.15, 0.2) is 0 Å². The Labute approximate surface area is 137 Å². The van der Waals surface area contributed by atoms with E-state index in [0.29, 0.717) is 17.9 Å². The lowest BCUT2D eigenvalue weighted by molar-refractivity contribution is 0.116. The van der Waals surface area contributed by atoms with Crippen LogP contribution in [0.3, 0.4) is 0 Å². The van der Waals surface area contributed by atoms with E-state index in [-0.39, 0.29) is 5.89 Å². The summed E-state index contributed by atoms with van der Waals surface area (Å²) in [6.07, 6.45) is -1.30. The monoisotopic (exact) mass is 331 g/mol. The number of alkyl halides is 2. The second-order valence-corrected chi connectivity index (χ2v) is 5.27. The number of nitrogens with zero attached hydrogens (tertiary/aromatic N) is 3. The molecule has 0 aliphatic rings. The van der Waals surface area contributed by atoms with Gasteiger partial charge in [-0.1, -0.05) is 12.1 Å². The molecule has 0 aliphatic carbocycles. The Hall–Kier alpha value is -2.83. The fourth-order valence-electron chi connectivity index (χ4n) is 2.11. The summed E-state index contributed by atoms with van der Waals surface area (Å²) < 4.78 is 35.6. The van der Waals surface area contributed by atoms with E-state index in [1.165, 1.54) is 6.20 Å². The molecule has 0 saturated carbocycles. The molecule has 0 amide bonds. The molecule has 2 aromatic heterocycles. The Balaban J connectivity index is 1.69. The topological polar surface area (TPSA) is 61.0 Å². The Morgan fingerprint density at radius 3 is 2.62 bits per heavy atom. The summed E-state index contributed by atoms with van der Waals surface area (Å²) in [7, 11) is 0. The van der Waals surface area contributed by atoms with Crippen molar-refractivity contribution in [3.63, 3.8) is 0 Å². The Morgan fingerprint density at radius 2 is 1.96 bits per heavy atom. The summed E-state index contributed by atoms with van der Waals surface area (Å²) in [6.45, 7) is 4.32. The van der Waals surface area contributed by atoms with Crippen molar-refractivity contribution in [3.8, 4) is 17.2 Å². The number of aromatic nitrogens is 3. The van der Waals surface area contributed by atoms with Crippen molar-refractivity contribution in [1.29, 1.82) is 0 Å². The minimum absolute atomic E-state index is 0.0137. The minimum Gasteiger partial charge on any atom is -0.487 e. The fraction of sp³-hybridized carbons (Fsp3) is 0.235. The van der Waals surface area contributed by atoms with Gasteiger partial charge in [0.05, 0.1) is 11.3 Å². The molecule has 124 valence electrons. The van der Waals surface area contributed by atoms with Crippen LogP contribution < -0.4 is 4.74 Å². The molecule has 2 heterocycles. The van der Waals surface area contributed by atoms with Crippen molar-refractivity contribution < 1.29 is 17.9 Å². The van der Waals surface area contributed by atoms with Gasteiger partial charge in [0.2, 0.25) is 5.89 Å². The number of halogens is 2. The van der Waals surface area contributed by atoms with E-state index in [0.717, 1.165) is 16.9 Å². The van der Waals surface area contributed by atoms with Gasteiger partial charge in [-0.05, 0) is 43.2 Å². The van der Waals surface area contributed by atoms with Gasteiger partial charge < -0.3 is 9.15 Å². The number of aryl methyl sites for hydroxylation is 1. The normalized spacial score (nSPS) is 11.0. The van der Waals surface area contributed by atoms with Crippen molar-refractivity contribution in [2.75, 3.05) is 0 Å². The predicted octanol–water partition coefficient (Wildman–Crippen LogP) is 4.27. The van der Waals surface area contributed by atoms with Gasteiger partial charge in [-0.15, -0.1) is 10.2 Å². The third-order valence-electron chi connectivity index (χ3n) is 3.63. The zero-order valence-corrected chi connectivity index (χ0v) is 13.2. The first kappa shape index (κ1) is 16.0. The molecular formula is C17H15F2N3O2. The number of benzene rings is 1. The van der Waals surface area contributed by atoms with Crippen LogP contribution in [-0.4, -0.2) is 15.2 Å². The highest BCUT2D eigenvalue weighted by Gasteiger charge is 2.17. The number of hydrogen-bond acceptors (Lipinski definition) is 5. The maximum absolute atomic E-state index is 12.5. The van der Waals surface area contributed by atoms with E-state index >= 15 is 0 Å². The van der Waals surface area contributed by atoms with E-state index in [9.17, 15) is 8.78 Å². The average molecular weight is 331 g/mol. The van der Waals surface area contributed by atoms with E-state index in [4.69, 9.17) is 9.15 Å². The zero-order chi connectivity index (χ0) is 17.1. The molecule has 0 spiro atoms. The lowest BCUT2D eigenvalue weighted by atomic mass is 10.1. The van der Waals surface area contributed by atoms with Crippen molar-refractivity contribution in [1.82, 2.24) is 15.2 Å². The van der Waals surface area contributed by atoms with Crippen LogP contribution in [0, 0.1) is 13.8 Å². The maximum atomic E-state index is 12.5. The van der Waals surface area contributed by atoms with Gasteiger partial charge in [0.1, 0.15) is 12.4 Å². The van der Waals surface area contributed by atoms with Gasteiger partial charge in [0.25, 0.3) is 5.89 Å². The SMILES string of the molecule is Cc1cccc(OCc2ccc(-c3nnc(C(F)F)o3)cn2)c1C. The zero-order valence-electron chi connectivity index (χ0n) is 13.2. The van der Waals surface area contributed by atoms with Crippen molar-refractivity contribution in [2.45, 2.75) is 26.9 Å². The molecule has 0 radical (unpaired) electrons. The molecule has 0 saturated heterocycles. The standard InChI is InChI=1S/C17H15F2N3O2/c1-10-4-3-5-14(11(10)2)23-9-13-7-6-12(8-20-13)16-21-22-17(24-16)15(18)19/h3-8,15H,9H2,1-2H3. The van der Waals surface area contributed by atoms with E-state index in [1.807, 2.05) is 32.0 Å². The first-order valence-electron chi connectivity index (χ1n) is 7.30. The summed E-state index contributed by atoms with van der Waals surface area (Å²) in [5.41, 5.74) is 3.42. The summed E-state index contributed by atoms with van der Waals surface area (Å²) >= 11 is 0. The molecule has 5 nitrogen and oxygen atoms in total. The third kappa shape index (κ3) is 3.40. The molecule has 0 aliphatic heterocycles. The maximum Gasteiger partial charge on any atom is 0.314 e. The summed E-state index contributed by atoms with van der Waals surface area (Å²) in [6, 6.07) is 9.27. The largest absolute Gasteiger partial charge is 0.487 e. The van der Waals surface area contributed by atoms with E-state index < -0.39 is 12.3 Å². The van der Waals surface area contributed by atoms with Crippen LogP contribution >= 0.6 is 0 Å².